The smallest absolute Gasteiger partial charge is 0.223 e. The number of anilines is 2. The van der Waals surface area contributed by atoms with Gasteiger partial charge in [0.2, 0.25) is 5.95 Å². The summed E-state index contributed by atoms with van der Waals surface area (Å²) in [5, 5.41) is 11.1. The van der Waals surface area contributed by atoms with Crippen molar-refractivity contribution in [3.63, 3.8) is 0 Å². The van der Waals surface area contributed by atoms with Gasteiger partial charge in [-0.25, -0.2) is 4.98 Å². The highest BCUT2D eigenvalue weighted by Gasteiger charge is 2.21. The van der Waals surface area contributed by atoms with Crippen molar-refractivity contribution < 1.29 is 5.11 Å². The molecule has 0 radical (unpaired) electrons. The predicted molar refractivity (Wildman–Crippen MR) is 85.4 cm³/mol. The van der Waals surface area contributed by atoms with Crippen molar-refractivity contribution in [1.29, 1.82) is 0 Å². The maximum Gasteiger partial charge on any atom is 0.223 e. The molecule has 2 aromatic rings. The van der Waals surface area contributed by atoms with Gasteiger partial charge in [-0.15, -0.1) is 11.3 Å². The molecule has 0 fully saturated rings. The molecule has 0 bridgehead atoms. The Bertz CT molecular complexity index is 603. The van der Waals surface area contributed by atoms with Gasteiger partial charge in [-0.3, -0.25) is 0 Å². The Kier molecular flexibility index (Phi) is 4.15. The van der Waals surface area contributed by atoms with Crippen LogP contribution in [0.3, 0.4) is 0 Å². The molecular weight excluding hydrogens is 272 g/mol. The molecule has 0 amide bonds. The van der Waals surface area contributed by atoms with Gasteiger partial charge >= 0.3 is 0 Å². The fraction of sp³-hybridized carbons (Fsp3) is 0.571. The molecule has 2 heterocycles. The number of likely N-dealkylation sites (N-methyl/N-ethyl adjacent to an activating group) is 1. The summed E-state index contributed by atoms with van der Waals surface area (Å²) in [4.78, 5) is 12.9. The van der Waals surface area contributed by atoms with E-state index in [4.69, 9.17) is 5.73 Å². The van der Waals surface area contributed by atoms with Crippen LogP contribution in [0.5, 0.6) is 0 Å². The van der Waals surface area contributed by atoms with E-state index in [0.717, 1.165) is 29.0 Å². The summed E-state index contributed by atoms with van der Waals surface area (Å²) in [6, 6.07) is 2.13. The standard InChI is InChI=1S/C14H22N4OS/c1-5-9-7-10-11(16-13(15)17-12(10)20-9)18(6-2)8-14(3,4)19/h7,19H,5-6,8H2,1-4H3,(H2,15,16,17). The van der Waals surface area contributed by atoms with Crippen molar-refractivity contribution in [1.82, 2.24) is 9.97 Å². The van der Waals surface area contributed by atoms with Crippen molar-refractivity contribution in [3.05, 3.63) is 10.9 Å². The maximum atomic E-state index is 10.1. The lowest BCUT2D eigenvalue weighted by molar-refractivity contribution is 0.0875. The lowest BCUT2D eigenvalue weighted by atomic mass is 10.1. The number of nitrogens with two attached hydrogens (primary N) is 1. The van der Waals surface area contributed by atoms with Gasteiger partial charge in [0.1, 0.15) is 10.6 Å². The molecule has 0 aliphatic carbocycles. The fourth-order valence-electron chi connectivity index (χ4n) is 2.19. The highest BCUT2D eigenvalue weighted by Crippen LogP contribution is 2.32. The first-order valence-electron chi connectivity index (χ1n) is 6.87. The molecule has 0 atom stereocenters. The number of aliphatic hydroxyl groups is 1. The molecule has 6 heteroatoms. The number of rotatable bonds is 5. The van der Waals surface area contributed by atoms with Crippen molar-refractivity contribution >= 4 is 33.3 Å². The first-order chi connectivity index (χ1) is 9.34. The fourth-order valence-corrected chi connectivity index (χ4v) is 3.16. The van der Waals surface area contributed by atoms with Gasteiger partial charge in [0.05, 0.1) is 11.0 Å². The zero-order valence-corrected chi connectivity index (χ0v) is 13.3. The van der Waals surface area contributed by atoms with Crippen LogP contribution in [0.15, 0.2) is 6.07 Å². The molecule has 0 aliphatic heterocycles. The summed E-state index contributed by atoms with van der Waals surface area (Å²) in [5.74, 6) is 1.10. The summed E-state index contributed by atoms with van der Waals surface area (Å²) in [6.45, 7) is 9.02. The zero-order valence-electron chi connectivity index (χ0n) is 12.5. The van der Waals surface area contributed by atoms with Crippen LogP contribution in [-0.2, 0) is 6.42 Å². The average Bonchev–Trinajstić information content (AvgIpc) is 2.76. The summed E-state index contributed by atoms with van der Waals surface area (Å²) in [6.07, 6.45) is 0.970. The normalized spacial score (nSPS) is 12.1. The van der Waals surface area contributed by atoms with E-state index in [1.165, 1.54) is 4.88 Å². The van der Waals surface area contributed by atoms with Crippen molar-refractivity contribution in [2.45, 2.75) is 39.7 Å². The molecule has 0 saturated heterocycles. The number of aromatic nitrogens is 2. The van der Waals surface area contributed by atoms with Gasteiger partial charge in [-0.1, -0.05) is 6.92 Å². The number of fused-ring (bicyclic) bond motifs is 1. The van der Waals surface area contributed by atoms with Crippen LogP contribution in [0.25, 0.3) is 10.2 Å². The third kappa shape index (κ3) is 3.19. The summed E-state index contributed by atoms with van der Waals surface area (Å²) >= 11 is 1.65. The zero-order chi connectivity index (χ0) is 14.9. The van der Waals surface area contributed by atoms with E-state index in [0.29, 0.717) is 6.54 Å². The molecule has 3 N–H and O–H groups in total. The molecule has 5 nitrogen and oxygen atoms in total. The van der Waals surface area contributed by atoms with Gasteiger partial charge in [0, 0.05) is 18.0 Å². The van der Waals surface area contributed by atoms with Crippen LogP contribution < -0.4 is 10.6 Å². The Morgan fingerprint density at radius 1 is 1.35 bits per heavy atom. The van der Waals surface area contributed by atoms with Gasteiger partial charge in [0.25, 0.3) is 0 Å². The Hall–Kier alpha value is -1.40. The molecule has 20 heavy (non-hydrogen) atoms. The number of hydrogen-bond acceptors (Lipinski definition) is 6. The molecule has 0 unspecified atom stereocenters. The van der Waals surface area contributed by atoms with Crippen LogP contribution in [-0.4, -0.2) is 33.8 Å². The van der Waals surface area contributed by atoms with Crippen LogP contribution in [0.1, 0.15) is 32.6 Å². The van der Waals surface area contributed by atoms with Gasteiger partial charge < -0.3 is 15.7 Å². The number of thiophene rings is 1. The van der Waals surface area contributed by atoms with Crippen molar-refractivity contribution in [2.24, 2.45) is 0 Å². The number of hydrogen-bond donors (Lipinski definition) is 2. The van der Waals surface area contributed by atoms with Crippen LogP contribution in [0, 0.1) is 0 Å². The summed E-state index contributed by atoms with van der Waals surface area (Å²) in [5.41, 5.74) is 5.04. The minimum atomic E-state index is -0.786. The monoisotopic (exact) mass is 294 g/mol. The van der Waals surface area contributed by atoms with Crippen LogP contribution in [0.2, 0.25) is 0 Å². The van der Waals surface area contributed by atoms with Crippen LogP contribution in [0.4, 0.5) is 11.8 Å². The summed E-state index contributed by atoms with van der Waals surface area (Å²) in [7, 11) is 0. The molecule has 110 valence electrons. The van der Waals surface area contributed by atoms with E-state index < -0.39 is 5.60 Å². The topological polar surface area (TPSA) is 75.3 Å². The maximum absolute atomic E-state index is 10.1. The van der Waals surface area contributed by atoms with Gasteiger partial charge in [-0.05, 0) is 33.3 Å². The second kappa shape index (κ2) is 5.54. The van der Waals surface area contributed by atoms with Crippen molar-refractivity contribution in [2.75, 3.05) is 23.7 Å². The van der Waals surface area contributed by atoms with E-state index in [1.54, 1.807) is 25.2 Å². The molecule has 2 rings (SSSR count). The van der Waals surface area contributed by atoms with E-state index in [9.17, 15) is 5.11 Å². The lowest BCUT2D eigenvalue weighted by Crippen LogP contribution is -2.39. The molecule has 0 aliphatic rings. The largest absolute Gasteiger partial charge is 0.389 e. The van der Waals surface area contributed by atoms with Crippen molar-refractivity contribution in [3.8, 4) is 0 Å². The third-order valence-electron chi connectivity index (χ3n) is 3.05. The minimum absolute atomic E-state index is 0.284. The Morgan fingerprint density at radius 2 is 2.05 bits per heavy atom. The van der Waals surface area contributed by atoms with E-state index in [1.807, 2.05) is 11.8 Å². The lowest BCUT2D eigenvalue weighted by Gasteiger charge is -2.29. The summed E-state index contributed by atoms with van der Waals surface area (Å²) < 4.78 is 0. The SMILES string of the molecule is CCc1cc2c(N(CC)CC(C)(C)O)nc(N)nc2s1. The van der Waals surface area contributed by atoms with Gasteiger partial charge in [0.15, 0.2) is 0 Å². The quantitative estimate of drug-likeness (QED) is 0.886. The highest BCUT2D eigenvalue weighted by molar-refractivity contribution is 7.18. The second-order valence-electron chi connectivity index (χ2n) is 5.52. The first-order valence-corrected chi connectivity index (χ1v) is 7.69. The molecule has 0 saturated carbocycles. The molecular formula is C14H22N4OS. The third-order valence-corrected chi connectivity index (χ3v) is 4.22. The molecule has 0 spiro atoms. The van der Waals surface area contributed by atoms with E-state index >= 15 is 0 Å². The first kappa shape index (κ1) is 15.0. The van der Waals surface area contributed by atoms with Crippen LogP contribution >= 0.6 is 11.3 Å². The molecule has 2 aromatic heterocycles. The van der Waals surface area contributed by atoms with E-state index in [-0.39, 0.29) is 5.95 Å². The van der Waals surface area contributed by atoms with E-state index in [2.05, 4.69) is 23.0 Å². The minimum Gasteiger partial charge on any atom is -0.389 e. The molecule has 0 aromatic carbocycles. The number of nitrogen functional groups attached to an aromatic ring is 1. The Labute approximate surface area is 123 Å². The predicted octanol–water partition coefficient (Wildman–Crippen LogP) is 2.43. The number of nitrogens with zero attached hydrogens (tertiary/aromatic N) is 3. The Balaban J connectivity index is 2.53. The highest BCUT2D eigenvalue weighted by atomic mass is 32.1. The Morgan fingerprint density at radius 3 is 2.60 bits per heavy atom. The van der Waals surface area contributed by atoms with Gasteiger partial charge in [-0.2, -0.15) is 4.98 Å². The number of aryl methyl sites for hydroxylation is 1. The average molecular weight is 294 g/mol. The second-order valence-corrected chi connectivity index (χ2v) is 6.63.